The van der Waals surface area contributed by atoms with E-state index >= 15 is 0 Å². The molecule has 0 aliphatic heterocycles. The summed E-state index contributed by atoms with van der Waals surface area (Å²) in [6.45, 7) is 0.713. The van der Waals surface area contributed by atoms with Crippen LogP contribution in [0.3, 0.4) is 0 Å². The van der Waals surface area contributed by atoms with Crippen LogP contribution in [0.1, 0.15) is 24.4 Å². The highest BCUT2D eigenvalue weighted by Gasteiger charge is 2.30. The van der Waals surface area contributed by atoms with E-state index in [4.69, 9.17) is 16.3 Å². The van der Waals surface area contributed by atoms with E-state index < -0.39 is 6.10 Å². The van der Waals surface area contributed by atoms with Crippen molar-refractivity contribution in [3.63, 3.8) is 0 Å². The monoisotopic (exact) mass is 416 g/mol. The lowest BCUT2D eigenvalue weighted by Crippen LogP contribution is -2.18. The predicted molar refractivity (Wildman–Crippen MR) is 109 cm³/mol. The molecule has 0 radical (unpaired) electrons. The summed E-state index contributed by atoms with van der Waals surface area (Å²) in [4.78, 5) is 4.18. The van der Waals surface area contributed by atoms with Gasteiger partial charge >= 0.3 is 0 Å². The molecule has 2 heterocycles. The molecule has 1 fully saturated rings. The van der Waals surface area contributed by atoms with Crippen molar-refractivity contribution in [2.45, 2.75) is 36.8 Å². The smallest absolute Gasteiger partial charge is 0.191 e. The molecule has 1 aliphatic carbocycles. The van der Waals surface area contributed by atoms with Crippen molar-refractivity contribution in [3.05, 3.63) is 59.4 Å². The van der Waals surface area contributed by atoms with E-state index in [9.17, 15) is 5.11 Å². The van der Waals surface area contributed by atoms with Gasteiger partial charge in [0.1, 0.15) is 0 Å². The Morgan fingerprint density at radius 1 is 1.21 bits per heavy atom. The van der Waals surface area contributed by atoms with E-state index in [-0.39, 0.29) is 6.61 Å². The molecule has 1 aliphatic rings. The normalized spacial score (nSPS) is 14.9. The van der Waals surface area contributed by atoms with Crippen LogP contribution in [0.25, 0.3) is 11.4 Å². The van der Waals surface area contributed by atoms with Crippen molar-refractivity contribution in [1.82, 2.24) is 19.7 Å². The van der Waals surface area contributed by atoms with E-state index in [0.29, 0.717) is 23.4 Å². The van der Waals surface area contributed by atoms with Gasteiger partial charge in [-0.3, -0.25) is 9.55 Å². The number of aromatic nitrogens is 4. The second kappa shape index (κ2) is 9.05. The number of hydrogen-bond acceptors (Lipinski definition) is 6. The zero-order valence-electron chi connectivity index (χ0n) is 15.2. The second-order valence-electron chi connectivity index (χ2n) is 6.76. The van der Waals surface area contributed by atoms with Gasteiger partial charge in [0.05, 0.1) is 19.3 Å². The summed E-state index contributed by atoms with van der Waals surface area (Å²) < 4.78 is 7.79. The largest absolute Gasteiger partial charge is 0.390 e. The highest BCUT2D eigenvalue weighted by molar-refractivity contribution is 7.99. The summed E-state index contributed by atoms with van der Waals surface area (Å²) in [6.07, 6.45) is 5.23. The molecular weight excluding hydrogens is 396 g/mol. The highest BCUT2D eigenvalue weighted by atomic mass is 35.5. The zero-order chi connectivity index (χ0) is 19.3. The van der Waals surface area contributed by atoms with E-state index in [1.807, 2.05) is 36.4 Å². The fourth-order valence-electron chi connectivity index (χ4n) is 2.84. The summed E-state index contributed by atoms with van der Waals surface area (Å²) in [7, 11) is 0. The maximum atomic E-state index is 10.3. The molecule has 8 heteroatoms. The van der Waals surface area contributed by atoms with Crippen molar-refractivity contribution < 1.29 is 9.84 Å². The second-order valence-corrected chi connectivity index (χ2v) is 8.18. The standard InChI is InChI=1S/C20H21ClN4O2S/c21-16-5-3-14(4-6-16)11-27-12-18(26)13-28-20-24-23-19(25(20)17-7-8-17)15-2-1-9-22-10-15/h1-6,9-10,17-18,26H,7-8,11-13H2/t18-/m1/s1. The number of thioether (sulfide) groups is 1. The Balaban J connectivity index is 1.32. The Hall–Kier alpha value is -1.93. The molecule has 0 bridgehead atoms. The SMILES string of the molecule is O[C@H](COCc1ccc(Cl)cc1)CSc1nnc(-c2cccnc2)n1C1CC1. The van der Waals surface area contributed by atoms with Crippen LogP contribution < -0.4 is 0 Å². The molecule has 1 N–H and O–H groups in total. The molecule has 4 rings (SSSR count). The van der Waals surface area contributed by atoms with Crippen LogP contribution in [0.4, 0.5) is 0 Å². The van der Waals surface area contributed by atoms with Crippen LogP contribution in [0.5, 0.6) is 0 Å². The average molecular weight is 417 g/mol. The third-order valence-corrected chi connectivity index (χ3v) is 5.73. The topological polar surface area (TPSA) is 73.1 Å². The maximum absolute atomic E-state index is 10.3. The van der Waals surface area contributed by atoms with Crippen LogP contribution in [0.15, 0.2) is 53.9 Å². The van der Waals surface area contributed by atoms with Crippen LogP contribution in [-0.4, -0.2) is 43.3 Å². The molecule has 1 atom stereocenters. The minimum atomic E-state index is -0.580. The molecule has 1 aromatic carbocycles. The number of aliphatic hydroxyl groups is 1. The number of benzene rings is 1. The fraction of sp³-hybridized carbons (Fsp3) is 0.350. The van der Waals surface area contributed by atoms with Crippen LogP contribution >= 0.6 is 23.4 Å². The first-order valence-electron chi connectivity index (χ1n) is 9.19. The minimum Gasteiger partial charge on any atom is -0.390 e. The Labute approximate surface area is 172 Å². The molecule has 6 nitrogen and oxygen atoms in total. The molecule has 0 unspecified atom stereocenters. The van der Waals surface area contributed by atoms with Gasteiger partial charge in [-0.1, -0.05) is 35.5 Å². The summed E-state index contributed by atoms with van der Waals surface area (Å²) in [6, 6.07) is 11.8. The number of rotatable bonds is 9. The van der Waals surface area contributed by atoms with E-state index in [1.165, 1.54) is 11.8 Å². The van der Waals surface area contributed by atoms with Crippen LogP contribution in [-0.2, 0) is 11.3 Å². The number of halogens is 1. The summed E-state index contributed by atoms with van der Waals surface area (Å²) in [5.41, 5.74) is 1.99. The number of hydrogen-bond donors (Lipinski definition) is 1. The highest BCUT2D eigenvalue weighted by Crippen LogP contribution is 2.41. The van der Waals surface area contributed by atoms with Gasteiger partial charge in [0.2, 0.25) is 0 Å². The van der Waals surface area contributed by atoms with Crippen LogP contribution in [0, 0.1) is 0 Å². The van der Waals surface area contributed by atoms with Gasteiger partial charge < -0.3 is 9.84 Å². The van der Waals surface area contributed by atoms with Gasteiger partial charge in [0.15, 0.2) is 11.0 Å². The molecule has 0 saturated heterocycles. The Morgan fingerprint density at radius 3 is 2.75 bits per heavy atom. The minimum absolute atomic E-state index is 0.267. The van der Waals surface area contributed by atoms with Gasteiger partial charge in [0.25, 0.3) is 0 Å². The lowest BCUT2D eigenvalue weighted by Gasteiger charge is -2.12. The molecular formula is C20H21ClN4O2S. The summed E-state index contributed by atoms with van der Waals surface area (Å²) in [5, 5.41) is 20.5. The number of pyridine rings is 1. The molecule has 3 aromatic rings. The Morgan fingerprint density at radius 2 is 2.04 bits per heavy atom. The van der Waals surface area contributed by atoms with Gasteiger partial charge in [-0.05, 0) is 42.7 Å². The molecule has 28 heavy (non-hydrogen) atoms. The third kappa shape index (κ3) is 4.91. The van der Waals surface area contributed by atoms with Crippen molar-refractivity contribution in [1.29, 1.82) is 0 Å². The van der Waals surface area contributed by atoms with Crippen LogP contribution in [0.2, 0.25) is 5.02 Å². The average Bonchev–Trinajstić information content (AvgIpc) is 3.47. The van der Waals surface area contributed by atoms with Gasteiger partial charge in [-0.2, -0.15) is 0 Å². The molecule has 2 aromatic heterocycles. The first kappa shape index (κ1) is 19.4. The number of nitrogens with zero attached hydrogens (tertiary/aromatic N) is 4. The summed E-state index contributed by atoms with van der Waals surface area (Å²) >= 11 is 7.38. The quantitative estimate of drug-likeness (QED) is 0.531. The van der Waals surface area contributed by atoms with Gasteiger partial charge in [-0.25, -0.2) is 0 Å². The lowest BCUT2D eigenvalue weighted by molar-refractivity contribution is 0.0397. The van der Waals surface area contributed by atoms with Crippen molar-refractivity contribution >= 4 is 23.4 Å². The van der Waals surface area contributed by atoms with Crippen molar-refractivity contribution in [3.8, 4) is 11.4 Å². The van der Waals surface area contributed by atoms with Gasteiger partial charge in [0, 0.05) is 34.8 Å². The third-order valence-electron chi connectivity index (χ3n) is 4.39. The molecule has 146 valence electrons. The first-order chi connectivity index (χ1) is 13.7. The molecule has 1 saturated carbocycles. The lowest BCUT2D eigenvalue weighted by atomic mass is 10.2. The predicted octanol–water partition coefficient (Wildman–Crippen LogP) is 4.00. The van der Waals surface area contributed by atoms with E-state index in [1.54, 1.807) is 12.4 Å². The first-order valence-corrected chi connectivity index (χ1v) is 10.6. The van der Waals surface area contributed by atoms with Gasteiger partial charge in [-0.15, -0.1) is 10.2 Å². The van der Waals surface area contributed by atoms with E-state index in [0.717, 1.165) is 34.9 Å². The van der Waals surface area contributed by atoms with Crippen molar-refractivity contribution in [2.75, 3.05) is 12.4 Å². The number of ether oxygens (including phenoxy) is 1. The van der Waals surface area contributed by atoms with E-state index in [2.05, 4.69) is 19.7 Å². The summed E-state index contributed by atoms with van der Waals surface area (Å²) in [5.74, 6) is 1.34. The Bertz CT molecular complexity index is 900. The Kier molecular flexibility index (Phi) is 6.26. The van der Waals surface area contributed by atoms with Crippen molar-refractivity contribution in [2.24, 2.45) is 0 Å². The maximum Gasteiger partial charge on any atom is 0.191 e. The molecule has 0 amide bonds. The fourth-order valence-corrected chi connectivity index (χ4v) is 3.88. The molecule has 0 spiro atoms. The number of aliphatic hydroxyl groups excluding tert-OH is 1. The zero-order valence-corrected chi connectivity index (χ0v) is 16.8.